The smallest absolute Gasteiger partial charge is 0.404 e. The molecule has 3 aromatic rings. The van der Waals surface area contributed by atoms with Crippen LogP contribution in [0.1, 0.15) is 32.1 Å². The summed E-state index contributed by atoms with van der Waals surface area (Å²) in [4.78, 5) is 13.2. The zero-order chi connectivity index (χ0) is 21.7. The summed E-state index contributed by atoms with van der Waals surface area (Å²) in [6, 6.07) is 11.5. The Hall–Kier alpha value is -3.36. The van der Waals surface area contributed by atoms with Gasteiger partial charge in [0.1, 0.15) is 5.82 Å². The van der Waals surface area contributed by atoms with Gasteiger partial charge in [0.05, 0.1) is 11.4 Å². The van der Waals surface area contributed by atoms with E-state index in [1.54, 1.807) is 30.6 Å². The van der Waals surface area contributed by atoms with Crippen LogP contribution >= 0.6 is 0 Å². The van der Waals surface area contributed by atoms with E-state index in [9.17, 15) is 13.2 Å². The maximum Gasteiger partial charge on any atom is 0.573 e. The molecule has 1 saturated carbocycles. The number of rotatable bonds is 6. The predicted molar refractivity (Wildman–Crippen MR) is 112 cm³/mol. The van der Waals surface area contributed by atoms with Gasteiger partial charge >= 0.3 is 6.36 Å². The predicted octanol–water partition coefficient (Wildman–Crippen LogP) is 5.93. The summed E-state index contributed by atoms with van der Waals surface area (Å²) in [5.41, 5.74) is 1.54. The topological polar surface area (TPSA) is 72.0 Å². The number of anilines is 3. The zero-order valence-corrected chi connectivity index (χ0v) is 16.7. The van der Waals surface area contributed by atoms with E-state index in [0.717, 1.165) is 31.2 Å². The molecule has 162 valence electrons. The van der Waals surface area contributed by atoms with Gasteiger partial charge in [-0.1, -0.05) is 31.4 Å². The number of aromatic nitrogens is 3. The Balaban J connectivity index is 1.66. The number of hydrogen-bond acceptors (Lipinski definition) is 6. The fraction of sp³-hybridized carbons (Fsp3) is 0.318. The van der Waals surface area contributed by atoms with Crippen LogP contribution in [-0.2, 0) is 0 Å². The third-order valence-corrected chi connectivity index (χ3v) is 5.00. The van der Waals surface area contributed by atoms with Crippen LogP contribution in [0.15, 0.2) is 54.9 Å². The fourth-order valence-electron chi connectivity index (χ4n) is 3.59. The minimum absolute atomic E-state index is 0.152. The Morgan fingerprint density at radius 1 is 0.968 bits per heavy atom. The van der Waals surface area contributed by atoms with Gasteiger partial charge in [0.25, 0.3) is 0 Å². The first-order valence-electron chi connectivity index (χ1n) is 10.1. The van der Waals surface area contributed by atoms with Crippen LogP contribution < -0.4 is 15.4 Å². The van der Waals surface area contributed by atoms with Crippen LogP contribution in [0.2, 0.25) is 0 Å². The molecular formula is C22H22F3N5O. The molecule has 0 unspecified atom stereocenters. The molecule has 6 nitrogen and oxygen atoms in total. The average molecular weight is 429 g/mol. The first kappa shape index (κ1) is 20.9. The number of halogens is 3. The fourth-order valence-corrected chi connectivity index (χ4v) is 3.59. The van der Waals surface area contributed by atoms with E-state index in [1.807, 2.05) is 6.07 Å². The molecule has 0 amide bonds. The third-order valence-electron chi connectivity index (χ3n) is 5.00. The molecule has 1 aliphatic rings. The lowest BCUT2D eigenvalue weighted by Gasteiger charge is -2.23. The molecule has 2 heterocycles. The normalized spacial score (nSPS) is 14.8. The first-order chi connectivity index (χ1) is 15.0. The van der Waals surface area contributed by atoms with E-state index in [0.29, 0.717) is 17.5 Å². The third kappa shape index (κ3) is 5.84. The molecule has 1 aliphatic carbocycles. The Bertz CT molecular complexity index is 1010. The minimum Gasteiger partial charge on any atom is -0.404 e. The maximum atomic E-state index is 12.8. The molecule has 2 aromatic heterocycles. The number of pyridine rings is 1. The highest BCUT2D eigenvalue weighted by atomic mass is 19.4. The SMILES string of the molecule is FC(F)(F)Oc1ccccc1Nc1cc(-c2cccnc2)nc(NC2CCCCC2)n1. The Kier molecular flexibility index (Phi) is 6.20. The van der Waals surface area contributed by atoms with Crippen molar-refractivity contribution in [1.82, 2.24) is 15.0 Å². The second kappa shape index (κ2) is 9.20. The van der Waals surface area contributed by atoms with Crippen molar-refractivity contribution in [1.29, 1.82) is 0 Å². The van der Waals surface area contributed by atoms with E-state index in [-0.39, 0.29) is 17.5 Å². The lowest BCUT2D eigenvalue weighted by molar-refractivity contribution is -0.274. The van der Waals surface area contributed by atoms with Gasteiger partial charge in [-0.15, -0.1) is 13.2 Å². The molecule has 31 heavy (non-hydrogen) atoms. The number of para-hydroxylation sites is 2. The molecule has 0 bridgehead atoms. The highest BCUT2D eigenvalue weighted by Gasteiger charge is 2.32. The van der Waals surface area contributed by atoms with E-state index in [1.165, 1.54) is 24.6 Å². The lowest BCUT2D eigenvalue weighted by atomic mass is 9.96. The molecule has 0 spiro atoms. The number of nitrogens with one attached hydrogen (secondary N) is 2. The van der Waals surface area contributed by atoms with Crippen LogP contribution in [0, 0.1) is 0 Å². The summed E-state index contributed by atoms with van der Waals surface area (Å²) in [5.74, 6) is 0.439. The Morgan fingerprint density at radius 2 is 1.77 bits per heavy atom. The van der Waals surface area contributed by atoms with Gasteiger partial charge in [-0.3, -0.25) is 4.98 Å². The van der Waals surface area contributed by atoms with Crippen molar-refractivity contribution in [3.8, 4) is 17.0 Å². The summed E-state index contributed by atoms with van der Waals surface area (Å²) in [7, 11) is 0. The number of alkyl halides is 3. The van der Waals surface area contributed by atoms with Crippen molar-refractivity contribution in [2.75, 3.05) is 10.6 Å². The molecule has 1 aromatic carbocycles. The van der Waals surface area contributed by atoms with Gasteiger partial charge in [0.15, 0.2) is 5.75 Å². The zero-order valence-electron chi connectivity index (χ0n) is 16.7. The monoisotopic (exact) mass is 429 g/mol. The second-order valence-corrected chi connectivity index (χ2v) is 7.35. The van der Waals surface area contributed by atoms with E-state index >= 15 is 0 Å². The van der Waals surface area contributed by atoms with Gasteiger partial charge in [-0.2, -0.15) is 4.98 Å². The number of benzene rings is 1. The summed E-state index contributed by atoms with van der Waals surface area (Å²) in [5, 5.41) is 6.32. The molecule has 1 fully saturated rings. The molecule has 4 rings (SSSR count). The molecule has 0 aliphatic heterocycles. The van der Waals surface area contributed by atoms with E-state index < -0.39 is 6.36 Å². The van der Waals surface area contributed by atoms with Crippen LogP contribution in [0.4, 0.5) is 30.6 Å². The van der Waals surface area contributed by atoms with Crippen molar-refractivity contribution in [2.24, 2.45) is 0 Å². The van der Waals surface area contributed by atoms with Crippen LogP contribution in [0.3, 0.4) is 0 Å². The molecule has 0 saturated heterocycles. The van der Waals surface area contributed by atoms with E-state index in [4.69, 9.17) is 0 Å². The lowest BCUT2D eigenvalue weighted by Crippen LogP contribution is -2.23. The first-order valence-corrected chi connectivity index (χ1v) is 10.1. The highest BCUT2D eigenvalue weighted by molar-refractivity contribution is 5.69. The minimum atomic E-state index is -4.79. The quantitative estimate of drug-likeness (QED) is 0.506. The number of nitrogens with zero attached hydrogens (tertiary/aromatic N) is 3. The summed E-state index contributed by atoms with van der Waals surface area (Å²) in [6.45, 7) is 0. The summed E-state index contributed by atoms with van der Waals surface area (Å²) >= 11 is 0. The average Bonchev–Trinajstić information content (AvgIpc) is 2.75. The van der Waals surface area contributed by atoms with Gasteiger partial charge < -0.3 is 15.4 Å². The molecular weight excluding hydrogens is 407 g/mol. The Labute approximate surface area is 177 Å². The van der Waals surface area contributed by atoms with Crippen molar-refractivity contribution < 1.29 is 17.9 Å². The van der Waals surface area contributed by atoms with E-state index in [2.05, 4.69) is 30.3 Å². The number of ether oxygens (including phenoxy) is 1. The van der Waals surface area contributed by atoms with Crippen molar-refractivity contribution in [3.63, 3.8) is 0 Å². The number of hydrogen-bond donors (Lipinski definition) is 2. The van der Waals surface area contributed by atoms with Crippen molar-refractivity contribution in [2.45, 2.75) is 44.5 Å². The largest absolute Gasteiger partial charge is 0.573 e. The van der Waals surface area contributed by atoms with Crippen LogP contribution in [0.25, 0.3) is 11.3 Å². The molecule has 0 atom stereocenters. The summed E-state index contributed by atoms with van der Waals surface area (Å²) < 4.78 is 42.5. The summed E-state index contributed by atoms with van der Waals surface area (Å²) in [6.07, 6.45) is 4.13. The molecule has 2 N–H and O–H groups in total. The van der Waals surface area contributed by atoms with Crippen molar-refractivity contribution in [3.05, 3.63) is 54.9 Å². The van der Waals surface area contributed by atoms with Crippen LogP contribution in [0.5, 0.6) is 5.75 Å². The Morgan fingerprint density at radius 3 is 2.52 bits per heavy atom. The molecule has 0 radical (unpaired) electrons. The van der Waals surface area contributed by atoms with Gasteiger partial charge in [-0.05, 0) is 37.1 Å². The maximum absolute atomic E-state index is 12.8. The standard InChI is InChI=1S/C22H22F3N5O/c23-22(24,25)31-19-11-5-4-10-17(19)28-20-13-18(15-7-6-12-26-14-15)29-21(30-20)27-16-8-2-1-3-9-16/h4-7,10-14,16H,1-3,8-9H2,(H2,27,28,29,30). The van der Waals surface area contributed by atoms with Gasteiger partial charge in [0.2, 0.25) is 5.95 Å². The van der Waals surface area contributed by atoms with Crippen molar-refractivity contribution >= 4 is 17.5 Å². The second-order valence-electron chi connectivity index (χ2n) is 7.35. The van der Waals surface area contributed by atoms with Gasteiger partial charge in [-0.25, -0.2) is 4.98 Å². The highest BCUT2D eigenvalue weighted by Crippen LogP contribution is 2.33. The van der Waals surface area contributed by atoms with Gasteiger partial charge in [0, 0.05) is 30.1 Å². The molecule has 9 heteroatoms. The van der Waals surface area contributed by atoms with Crippen LogP contribution in [-0.4, -0.2) is 27.4 Å².